The van der Waals surface area contributed by atoms with Crippen molar-refractivity contribution in [3.63, 3.8) is 0 Å². The number of aromatic nitrogens is 4. The molecule has 1 aromatic carbocycles. The zero-order chi connectivity index (χ0) is 16.2. The summed E-state index contributed by atoms with van der Waals surface area (Å²) >= 11 is 0. The topological polar surface area (TPSA) is 88.1 Å². The number of hydrogen-bond acceptors (Lipinski definition) is 6. The minimum atomic E-state index is 0.158. The van der Waals surface area contributed by atoms with Crippen molar-refractivity contribution in [2.45, 2.75) is 26.5 Å². The maximum absolute atomic E-state index is 5.77. The second-order valence-electron chi connectivity index (χ2n) is 5.36. The third kappa shape index (κ3) is 3.50. The van der Waals surface area contributed by atoms with E-state index >= 15 is 0 Å². The standard InChI is InChI=1S/C16H19N5O2/c1-11(2)23-13-5-3-12(4-6-13)22-8-7-21-10-20-14-15(17)18-9-19-16(14)21/h3-6,9-11H,7-8H2,1-2H3,(H2,17,18,19). The Balaban J connectivity index is 1.59. The first-order chi connectivity index (χ1) is 11.1. The van der Waals surface area contributed by atoms with E-state index in [1.807, 2.05) is 42.7 Å². The van der Waals surface area contributed by atoms with Crippen LogP contribution in [0.15, 0.2) is 36.9 Å². The second-order valence-corrected chi connectivity index (χ2v) is 5.36. The Kier molecular flexibility index (Phi) is 4.27. The van der Waals surface area contributed by atoms with E-state index in [9.17, 15) is 0 Å². The van der Waals surface area contributed by atoms with Crippen LogP contribution in [0, 0.1) is 0 Å². The number of anilines is 1. The molecular weight excluding hydrogens is 294 g/mol. The highest BCUT2D eigenvalue weighted by Crippen LogP contribution is 2.19. The van der Waals surface area contributed by atoms with Gasteiger partial charge in [0.05, 0.1) is 19.0 Å². The lowest BCUT2D eigenvalue weighted by molar-refractivity contribution is 0.241. The molecule has 0 aliphatic rings. The highest BCUT2D eigenvalue weighted by atomic mass is 16.5. The normalized spacial score (nSPS) is 11.1. The molecule has 0 fully saturated rings. The summed E-state index contributed by atoms with van der Waals surface area (Å²) < 4.78 is 13.2. The van der Waals surface area contributed by atoms with Crippen molar-refractivity contribution in [1.29, 1.82) is 0 Å². The quantitative estimate of drug-likeness (QED) is 0.751. The highest BCUT2D eigenvalue weighted by molar-refractivity contribution is 5.81. The van der Waals surface area contributed by atoms with Gasteiger partial charge in [0, 0.05) is 0 Å². The molecule has 0 saturated heterocycles. The summed E-state index contributed by atoms with van der Waals surface area (Å²) in [6.07, 6.45) is 3.29. The largest absolute Gasteiger partial charge is 0.492 e. The maximum atomic E-state index is 5.77. The van der Waals surface area contributed by atoms with Gasteiger partial charge < -0.3 is 19.8 Å². The first kappa shape index (κ1) is 15.1. The summed E-state index contributed by atoms with van der Waals surface area (Å²) in [7, 11) is 0. The number of rotatable bonds is 6. The molecule has 0 aliphatic heterocycles. The fraction of sp³-hybridized carbons (Fsp3) is 0.312. The molecule has 7 heteroatoms. The number of fused-ring (bicyclic) bond motifs is 1. The van der Waals surface area contributed by atoms with Gasteiger partial charge in [0.2, 0.25) is 0 Å². The molecule has 0 spiro atoms. The fourth-order valence-corrected chi connectivity index (χ4v) is 2.21. The van der Waals surface area contributed by atoms with Crippen molar-refractivity contribution >= 4 is 17.0 Å². The van der Waals surface area contributed by atoms with Crippen molar-refractivity contribution in [2.24, 2.45) is 0 Å². The average molecular weight is 313 g/mol. The van der Waals surface area contributed by atoms with Gasteiger partial charge in [-0.15, -0.1) is 0 Å². The average Bonchev–Trinajstić information content (AvgIpc) is 2.93. The van der Waals surface area contributed by atoms with Crippen LogP contribution in [0.3, 0.4) is 0 Å². The lowest BCUT2D eigenvalue weighted by Crippen LogP contribution is -2.08. The molecule has 3 aromatic rings. The zero-order valence-corrected chi connectivity index (χ0v) is 13.1. The molecule has 2 aromatic heterocycles. The summed E-state index contributed by atoms with van der Waals surface area (Å²) in [5.41, 5.74) is 7.09. The van der Waals surface area contributed by atoms with Gasteiger partial charge in [-0.2, -0.15) is 0 Å². The third-order valence-electron chi connectivity index (χ3n) is 3.23. The molecule has 0 bridgehead atoms. The third-order valence-corrected chi connectivity index (χ3v) is 3.23. The van der Waals surface area contributed by atoms with E-state index in [1.165, 1.54) is 6.33 Å². The van der Waals surface area contributed by atoms with Crippen LogP contribution in [-0.4, -0.2) is 32.2 Å². The SMILES string of the molecule is CC(C)Oc1ccc(OCCn2cnc3c(N)ncnc32)cc1. The summed E-state index contributed by atoms with van der Waals surface area (Å²) in [4.78, 5) is 12.4. The molecule has 2 N–H and O–H groups in total. The molecule has 0 unspecified atom stereocenters. The summed E-state index contributed by atoms with van der Waals surface area (Å²) in [6, 6.07) is 7.58. The molecule has 3 rings (SSSR count). The Hall–Kier alpha value is -2.83. The van der Waals surface area contributed by atoms with E-state index in [0.717, 1.165) is 11.5 Å². The van der Waals surface area contributed by atoms with Gasteiger partial charge in [0.1, 0.15) is 29.9 Å². The van der Waals surface area contributed by atoms with Crippen LogP contribution in [0.2, 0.25) is 0 Å². The summed E-state index contributed by atoms with van der Waals surface area (Å²) in [5, 5.41) is 0. The Morgan fingerprint density at radius 3 is 2.57 bits per heavy atom. The molecule has 2 heterocycles. The van der Waals surface area contributed by atoms with Gasteiger partial charge >= 0.3 is 0 Å². The molecule has 0 saturated carbocycles. The van der Waals surface area contributed by atoms with Crippen LogP contribution < -0.4 is 15.2 Å². The predicted molar refractivity (Wildman–Crippen MR) is 87.4 cm³/mol. The van der Waals surface area contributed by atoms with Crippen molar-refractivity contribution in [3.05, 3.63) is 36.9 Å². The van der Waals surface area contributed by atoms with Crippen LogP contribution in [0.1, 0.15) is 13.8 Å². The van der Waals surface area contributed by atoms with Crippen LogP contribution in [0.5, 0.6) is 11.5 Å². The Morgan fingerprint density at radius 1 is 1.09 bits per heavy atom. The van der Waals surface area contributed by atoms with E-state index in [4.69, 9.17) is 15.2 Å². The van der Waals surface area contributed by atoms with Crippen LogP contribution >= 0.6 is 0 Å². The maximum Gasteiger partial charge on any atom is 0.165 e. The van der Waals surface area contributed by atoms with Gasteiger partial charge in [-0.3, -0.25) is 0 Å². The first-order valence-electron chi connectivity index (χ1n) is 7.44. The van der Waals surface area contributed by atoms with Crippen molar-refractivity contribution in [3.8, 4) is 11.5 Å². The van der Waals surface area contributed by atoms with Crippen molar-refractivity contribution in [2.75, 3.05) is 12.3 Å². The minimum Gasteiger partial charge on any atom is -0.492 e. The van der Waals surface area contributed by atoms with Crippen LogP contribution in [0.4, 0.5) is 5.82 Å². The monoisotopic (exact) mass is 313 g/mol. The van der Waals surface area contributed by atoms with Gasteiger partial charge in [0.25, 0.3) is 0 Å². The molecular formula is C16H19N5O2. The number of nitrogens with zero attached hydrogens (tertiary/aromatic N) is 4. The summed E-state index contributed by atoms with van der Waals surface area (Å²) in [5.74, 6) is 2.01. The van der Waals surface area contributed by atoms with Crippen LogP contribution in [-0.2, 0) is 6.54 Å². The van der Waals surface area contributed by atoms with E-state index < -0.39 is 0 Å². The Bertz CT molecular complexity index is 783. The van der Waals surface area contributed by atoms with Gasteiger partial charge in [0.15, 0.2) is 11.5 Å². The van der Waals surface area contributed by atoms with E-state index in [0.29, 0.717) is 30.1 Å². The number of benzene rings is 1. The molecule has 0 aliphatic carbocycles. The number of ether oxygens (including phenoxy) is 2. The lowest BCUT2D eigenvalue weighted by atomic mass is 10.3. The molecule has 23 heavy (non-hydrogen) atoms. The molecule has 120 valence electrons. The number of nitrogens with two attached hydrogens (primary N) is 1. The van der Waals surface area contributed by atoms with Crippen molar-refractivity contribution < 1.29 is 9.47 Å². The second kappa shape index (κ2) is 6.51. The lowest BCUT2D eigenvalue weighted by Gasteiger charge is -2.11. The Labute approximate surface area is 134 Å². The highest BCUT2D eigenvalue weighted by Gasteiger charge is 2.07. The first-order valence-corrected chi connectivity index (χ1v) is 7.44. The van der Waals surface area contributed by atoms with Gasteiger partial charge in [-0.25, -0.2) is 15.0 Å². The Morgan fingerprint density at radius 2 is 1.83 bits per heavy atom. The number of nitrogen functional groups attached to an aromatic ring is 1. The fourth-order valence-electron chi connectivity index (χ4n) is 2.21. The molecule has 7 nitrogen and oxygen atoms in total. The van der Waals surface area contributed by atoms with Crippen molar-refractivity contribution in [1.82, 2.24) is 19.5 Å². The minimum absolute atomic E-state index is 0.158. The van der Waals surface area contributed by atoms with E-state index in [1.54, 1.807) is 6.33 Å². The van der Waals surface area contributed by atoms with Gasteiger partial charge in [-0.05, 0) is 38.1 Å². The summed E-state index contributed by atoms with van der Waals surface area (Å²) in [6.45, 7) is 5.11. The molecule has 0 atom stereocenters. The predicted octanol–water partition coefficient (Wildman–Crippen LogP) is 2.27. The van der Waals surface area contributed by atoms with Crippen LogP contribution in [0.25, 0.3) is 11.2 Å². The number of hydrogen-bond donors (Lipinski definition) is 1. The van der Waals surface area contributed by atoms with E-state index in [2.05, 4.69) is 15.0 Å². The zero-order valence-electron chi connectivity index (χ0n) is 13.1. The molecule has 0 amide bonds. The van der Waals surface area contributed by atoms with E-state index in [-0.39, 0.29) is 6.10 Å². The van der Waals surface area contributed by atoms with Gasteiger partial charge in [-0.1, -0.05) is 0 Å². The smallest absolute Gasteiger partial charge is 0.165 e. The number of imidazole rings is 1. The molecule has 0 radical (unpaired) electrons.